The van der Waals surface area contributed by atoms with Crippen LogP contribution in [0.2, 0.25) is 0 Å². The molecule has 0 aliphatic carbocycles. The van der Waals surface area contributed by atoms with E-state index in [9.17, 15) is 4.79 Å². The third-order valence-corrected chi connectivity index (χ3v) is 2.08. The van der Waals surface area contributed by atoms with Crippen molar-refractivity contribution >= 4 is 6.03 Å². The minimum Gasteiger partial charge on any atom is -0.358 e. The Morgan fingerprint density at radius 2 is 2.14 bits per heavy atom. The third-order valence-electron chi connectivity index (χ3n) is 2.08. The van der Waals surface area contributed by atoms with Crippen LogP contribution < -0.4 is 5.32 Å². The van der Waals surface area contributed by atoms with Crippen molar-refractivity contribution in [3.8, 4) is 0 Å². The number of nitrogens with one attached hydrogen (secondary N) is 1. The topological polar surface area (TPSA) is 41.6 Å². The molecule has 0 saturated carbocycles. The maximum atomic E-state index is 11.8. The van der Waals surface area contributed by atoms with Crippen LogP contribution in [0, 0.1) is 0 Å². The average Bonchev–Trinajstić information content (AvgIpc) is 2.01. The summed E-state index contributed by atoms with van der Waals surface area (Å²) in [7, 11) is 0. The number of amides is 2. The average molecular weight is 200 g/mol. The molecule has 4 heteroatoms. The molecule has 82 valence electrons. The molecule has 0 aromatic rings. The van der Waals surface area contributed by atoms with Gasteiger partial charge in [-0.2, -0.15) is 0 Å². The molecule has 1 unspecified atom stereocenters. The summed E-state index contributed by atoms with van der Waals surface area (Å²) in [6, 6.07) is -0.0373. The molecule has 1 N–H and O–H groups in total. The number of carbonyl (C=O) groups is 1. The SMILES string of the molecule is CC1OCCCN1C(=O)NC(C)(C)C. The molecule has 1 aliphatic heterocycles. The largest absolute Gasteiger partial charge is 0.358 e. The zero-order valence-electron chi connectivity index (χ0n) is 9.46. The molecule has 1 aliphatic rings. The lowest BCUT2D eigenvalue weighted by atomic mass is 10.1. The van der Waals surface area contributed by atoms with Gasteiger partial charge in [-0.1, -0.05) is 0 Å². The minimum atomic E-state index is -0.186. The van der Waals surface area contributed by atoms with Gasteiger partial charge in [0.1, 0.15) is 6.23 Å². The van der Waals surface area contributed by atoms with Crippen LogP contribution in [0.1, 0.15) is 34.1 Å². The van der Waals surface area contributed by atoms with Crippen LogP contribution >= 0.6 is 0 Å². The molecular weight excluding hydrogens is 180 g/mol. The summed E-state index contributed by atoms with van der Waals surface area (Å²) >= 11 is 0. The maximum absolute atomic E-state index is 11.8. The quantitative estimate of drug-likeness (QED) is 0.644. The first-order valence-electron chi connectivity index (χ1n) is 5.10. The van der Waals surface area contributed by atoms with Gasteiger partial charge in [0.2, 0.25) is 0 Å². The van der Waals surface area contributed by atoms with E-state index < -0.39 is 0 Å². The predicted octanol–water partition coefficient (Wildman–Crippen LogP) is 1.56. The van der Waals surface area contributed by atoms with Crippen molar-refractivity contribution < 1.29 is 9.53 Å². The number of hydrogen-bond acceptors (Lipinski definition) is 2. The lowest BCUT2D eigenvalue weighted by Gasteiger charge is -2.35. The first-order chi connectivity index (χ1) is 6.40. The van der Waals surface area contributed by atoms with E-state index in [0.717, 1.165) is 19.6 Å². The number of carbonyl (C=O) groups excluding carboxylic acids is 1. The van der Waals surface area contributed by atoms with Gasteiger partial charge in [-0.3, -0.25) is 4.90 Å². The fourth-order valence-corrected chi connectivity index (χ4v) is 1.42. The summed E-state index contributed by atoms with van der Waals surface area (Å²) in [4.78, 5) is 13.5. The van der Waals surface area contributed by atoms with Crippen molar-refractivity contribution in [2.75, 3.05) is 13.2 Å². The molecule has 1 saturated heterocycles. The lowest BCUT2D eigenvalue weighted by molar-refractivity contribution is -0.0606. The van der Waals surface area contributed by atoms with Crippen LogP contribution in [0.15, 0.2) is 0 Å². The first kappa shape index (κ1) is 11.3. The lowest BCUT2D eigenvalue weighted by Crippen LogP contribution is -2.53. The van der Waals surface area contributed by atoms with Gasteiger partial charge in [0.05, 0.1) is 6.61 Å². The highest BCUT2D eigenvalue weighted by atomic mass is 16.5. The van der Waals surface area contributed by atoms with Gasteiger partial charge < -0.3 is 10.1 Å². The number of ether oxygens (including phenoxy) is 1. The van der Waals surface area contributed by atoms with Crippen molar-refractivity contribution in [3.63, 3.8) is 0 Å². The van der Waals surface area contributed by atoms with Crippen molar-refractivity contribution in [1.29, 1.82) is 0 Å². The Balaban J connectivity index is 2.50. The molecule has 1 heterocycles. The molecule has 14 heavy (non-hydrogen) atoms. The van der Waals surface area contributed by atoms with Crippen LogP contribution in [-0.4, -0.2) is 35.8 Å². The van der Waals surface area contributed by atoms with Crippen LogP contribution in [0.5, 0.6) is 0 Å². The van der Waals surface area contributed by atoms with Gasteiger partial charge in [-0.05, 0) is 34.1 Å². The molecule has 1 rings (SSSR count). The van der Waals surface area contributed by atoms with E-state index in [4.69, 9.17) is 4.74 Å². The van der Waals surface area contributed by atoms with Gasteiger partial charge in [0.15, 0.2) is 0 Å². The monoisotopic (exact) mass is 200 g/mol. The Hall–Kier alpha value is -0.770. The van der Waals surface area contributed by atoms with Crippen molar-refractivity contribution in [2.45, 2.75) is 45.9 Å². The molecule has 1 fully saturated rings. The van der Waals surface area contributed by atoms with E-state index in [1.165, 1.54) is 0 Å². The van der Waals surface area contributed by atoms with Crippen molar-refractivity contribution in [3.05, 3.63) is 0 Å². The van der Waals surface area contributed by atoms with Gasteiger partial charge in [-0.15, -0.1) is 0 Å². The molecule has 2 amide bonds. The molecule has 1 atom stereocenters. The number of rotatable bonds is 0. The molecular formula is C10H20N2O2. The number of nitrogens with zero attached hydrogens (tertiary/aromatic N) is 1. The van der Waals surface area contributed by atoms with Crippen LogP contribution in [0.25, 0.3) is 0 Å². The molecule has 0 aromatic heterocycles. The molecule has 0 bridgehead atoms. The summed E-state index contributed by atoms with van der Waals surface area (Å²) in [5, 5.41) is 2.93. The summed E-state index contributed by atoms with van der Waals surface area (Å²) in [5.74, 6) is 0. The van der Waals surface area contributed by atoms with Gasteiger partial charge >= 0.3 is 6.03 Å². The van der Waals surface area contributed by atoms with E-state index in [1.807, 2.05) is 27.7 Å². The second kappa shape index (κ2) is 4.17. The fraction of sp³-hybridized carbons (Fsp3) is 0.900. The molecule has 0 aromatic carbocycles. The zero-order chi connectivity index (χ0) is 10.8. The summed E-state index contributed by atoms with van der Waals surface area (Å²) in [6.07, 6.45) is 0.813. The fourth-order valence-electron chi connectivity index (χ4n) is 1.42. The zero-order valence-corrected chi connectivity index (χ0v) is 9.46. The Kier molecular flexibility index (Phi) is 3.37. The van der Waals surface area contributed by atoms with Crippen LogP contribution in [0.3, 0.4) is 0 Å². The molecule has 4 nitrogen and oxygen atoms in total. The van der Waals surface area contributed by atoms with Crippen LogP contribution in [0.4, 0.5) is 4.79 Å². The van der Waals surface area contributed by atoms with Gasteiger partial charge in [-0.25, -0.2) is 4.79 Å². The highest BCUT2D eigenvalue weighted by Crippen LogP contribution is 2.11. The third kappa shape index (κ3) is 3.18. The second-order valence-corrected chi connectivity index (χ2v) is 4.70. The Morgan fingerprint density at radius 1 is 1.50 bits per heavy atom. The summed E-state index contributed by atoms with van der Waals surface area (Å²) < 4.78 is 5.39. The van der Waals surface area contributed by atoms with E-state index >= 15 is 0 Å². The van der Waals surface area contributed by atoms with Crippen LogP contribution in [-0.2, 0) is 4.74 Å². The second-order valence-electron chi connectivity index (χ2n) is 4.70. The van der Waals surface area contributed by atoms with Gasteiger partial charge in [0, 0.05) is 12.1 Å². The summed E-state index contributed by atoms with van der Waals surface area (Å²) in [5.41, 5.74) is -0.186. The Bertz CT molecular complexity index is 211. The maximum Gasteiger partial charge on any atom is 0.319 e. The predicted molar refractivity (Wildman–Crippen MR) is 55.0 cm³/mol. The van der Waals surface area contributed by atoms with E-state index in [1.54, 1.807) is 4.90 Å². The molecule has 0 spiro atoms. The van der Waals surface area contributed by atoms with Crippen molar-refractivity contribution in [2.24, 2.45) is 0 Å². The smallest absolute Gasteiger partial charge is 0.319 e. The highest BCUT2D eigenvalue weighted by molar-refractivity contribution is 5.75. The van der Waals surface area contributed by atoms with Gasteiger partial charge in [0.25, 0.3) is 0 Å². The Labute approximate surface area is 85.6 Å². The minimum absolute atomic E-state index is 0.0373. The van der Waals surface area contributed by atoms with E-state index in [2.05, 4.69) is 5.32 Å². The van der Waals surface area contributed by atoms with E-state index in [-0.39, 0.29) is 17.8 Å². The molecule has 0 radical (unpaired) electrons. The number of hydrogen-bond donors (Lipinski definition) is 1. The summed E-state index contributed by atoms with van der Waals surface area (Å²) in [6.45, 7) is 9.35. The normalized spacial score (nSPS) is 23.4. The van der Waals surface area contributed by atoms with Crippen molar-refractivity contribution in [1.82, 2.24) is 10.2 Å². The first-order valence-corrected chi connectivity index (χ1v) is 5.10. The Morgan fingerprint density at radius 3 is 2.64 bits per heavy atom. The number of urea groups is 1. The van der Waals surface area contributed by atoms with E-state index in [0.29, 0.717) is 0 Å². The standard InChI is InChI=1S/C10H20N2O2/c1-8-12(6-5-7-14-8)9(13)11-10(2,3)4/h8H,5-7H2,1-4H3,(H,11,13). The highest BCUT2D eigenvalue weighted by Gasteiger charge is 2.26.